The molecule has 2 aromatic heterocycles. The van der Waals surface area contributed by atoms with E-state index in [0.717, 1.165) is 86.4 Å². The third-order valence-electron chi connectivity index (χ3n) is 9.06. The van der Waals surface area contributed by atoms with Gasteiger partial charge in [0.25, 0.3) is 5.91 Å². The lowest BCUT2D eigenvalue weighted by molar-refractivity contribution is -0.143. The first-order valence-corrected chi connectivity index (χ1v) is 15.5. The van der Waals surface area contributed by atoms with E-state index in [2.05, 4.69) is 34.8 Å². The van der Waals surface area contributed by atoms with Gasteiger partial charge in [0.2, 0.25) is 5.95 Å². The fraction of sp³-hybridized carbons (Fsp3) is 0.515. The number of hydrogen-bond donors (Lipinski definition) is 1. The molecule has 1 aromatic carbocycles. The van der Waals surface area contributed by atoms with E-state index in [1.165, 1.54) is 17.3 Å². The topological polar surface area (TPSA) is 88.2 Å². The number of amides is 1. The zero-order chi connectivity index (χ0) is 33.0. The van der Waals surface area contributed by atoms with Crippen LogP contribution in [0.15, 0.2) is 36.7 Å². The Labute approximate surface area is 263 Å². The monoisotopic (exact) mass is 646 g/mol. The van der Waals surface area contributed by atoms with Crippen molar-refractivity contribution in [1.29, 1.82) is 0 Å². The Balaban J connectivity index is 1.44. The molecule has 2 saturated carbocycles. The largest absolute Gasteiger partial charge is 0.416 e. The number of nitrogens with zero attached hydrogens (tertiary/aromatic N) is 5. The van der Waals surface area contributed by atoms with Crippen molar-refractivity contribution in [3.63, 3.8) is 0 Å². The lowest BCUT2D eigenvalue weighted by Gasteiger charge is -2.31. The Bertz CT molecular complexity index is 1570. The fourth-order valence-electron chi connectivity index (χ4n) is 6.14. The number of fused-ring (bicyclic) bond motifs is 1. The van der Waals surface area contributed by atoms with Gasteiger partial charge >= 0.3 is 12.4 Å². The molecular formula is C33H36F6N6O. The second kappa shape index (κ2) is 11.7. The lowest BCUT2D eigenvalue weighted by Crippen LogP contribution is -2.33. The van der Waals surface area contributed by atoms with Crippen LogP contribution in [0.25, 0.3) is 0 Å². The number of rotatable bonds is 11. The van der Waals surface area contributed by atoms with Gasteiger partial charge in [0.05, 0.1) is 22.4 Å². The first-order chi connectivity index (χ1) is 21.6. The molecule has 1 amide bonds. The zero-order valence-corrected chi connectivity index (χ0v) is 25.7. The van der Waals surface area contributed by atoms with Crippen molar-refractivity contribution in [3.8, 4) is 0 Å². The van der Waals surface area contributed by atoms with Crippen molar-refractivity contribution in [3.05, 3.63) is 75.7 Å². The quantitative estimate of drug-likeness (QED) is 0.225. The normalized spacial score (nSPS) is 17.6. The molecule has 0 atom stereocenters. The summed E-state index contributed by atoms with van der Waals surface area (Å²) in [7, 11) is 0. The number of benzene rings is 1. The molecule has 0 aliphatic heterocycles. The molecule has 3 aliphatic rings. The smallest absolute Gasteiger partial charge is 0.366 e. The minimum atomic E-state index is -4.99. The molecule has 7 nitrogen and oxygen atoms in total. The van der Waals surface area contributed by atoms with Gasteiger partial charge in [-0.05, 0) is 85.8 Å². The molecule has 3 aromatic rings. The Morgan fingerprint density at radius 1 is 0.870 bits per heavy atom. The summed E-state index contributed by atoms with van der Waals surface area (Å²) in [5.41, 5.74) is 5.12. The molecule has 0 bridgehead atoms. The highest BCUT2D eigenvalue weighted by molar-refractivity contribution is 5.92. The van der Waals surface area contributed by atoms with E-state index >= 15 is 0 Å². The lowest BCUT2D eigenvalue weighted by atomic mass is 9.90. The van der Waals surface area contributed by atoms with Gasteiger partial charge in [0.1, 0.15) is 5.82 Å². The first-order valence-electron chi connectivity index (χ1n) is 15.5. The SMILES string of the molecule is CC1(C)CCc2cc(CN(Cc3cc(C(F)(F)F)cc(C(F)(F)F)c3)c3ncc(C(N)=O)cn3)c(N(CC3CC3)CC3CC3)nc21. The minimum Gasteiger partial charge on any atom is -0.366 e. The number of carbonyl (C=O) groups is 1. The fourth-order valence-corrected chi connectivity index (χ4v) is 6.14. The summed E-state index contributed by atoms with van der Waals surface area (Å²) < 4.78 is 82.5. The van der Waals surface area contributed by atoms with Crippen LogP contribution in [0.1, 0.15) is 89.8 Å². The summed E-state index contributed by atoms with van der Waals surface area (Å²) in [6, 6.07) is 3.63. The molecular weight excluding hydrogens is 610 g/mol. The van der Waals surface area contributed by atoms with E-state index < -0.39 is 29.4 Å². The standard InChI is InChI=1S/C33H36F6N6O/c1-31(2)8-7-22-11-23(29(43-27(22)31)44(15-19-3-4-19)16-20-5-6-20)18-45(30-41-13-24(14-42-30)28(40)46)17-21-9-25(32(34,35)36)12-26(10-21)33(37,38)39/h9-14,19-20H,3-8,15-18H2,1-2H3,(H2,40,46). The Kier molecular flexibility index (Phi) is 8.17. The average molecular weight is 647 g/mol. The van der Waals surface area contributed by atoms with Crippen LogP contribution in [0.3, 0.4) is 0 Å². The zero-order valence-electron chi connectivity index (χ0n) is 25.7. The van der Waals surface area contributed by atoms with Gasteiger partial charge in [-0.3, -0.25) is 4.79 Å². The maximum absolute atomic E-state index is 13.8. The molecule has 3 aliphatic carbocycles. The van der Waals surface area contributed by atoms with E-state index in [1.54, 1.807) is 0 Å². The van der Waals surface area contributed by atoms with Crippen molar-refractivity contribution in [2.24, 2.45) is 17.6 Å². The van der Waals surface area contributed by atoms with E-state index in [-0.39, 0.29) is 41.6 Å². The average Bonchev–Trinajstić information content (AvgIpc) is 3.92. The highest BCUT2D eigenvalue weighted by atomic mass is 19.4. The summed E-state index contributed by atoms with van der Waals surface area (Å²) in [6.07, 6.45) is -1.33. The van der Waals surface area contributed by atoms with Gasteiger partial charge in [-0.2, -0.15) is 26.3 Å². The predicted molar refractivity (Wildman–Crippen MR) is 160 cm³/mol. The van der Waals surface area contributed by atoms with Crippen molar-refractivity contribution >= 4 is 17.7 Å². The molecule has 0 spiro atoms. The van der Waals surface area contributed by atoms with Crippen LogP contribution in [-0.4, -0.2) is 33.9 Å². The highest BCUT2D eigenvalue weighted by Crippen LogP contribution is 2.42. The van der Waals surface area contributed by atoms with E-state index in [9.17, 15) is 31.1 Å². The van der Waals surface area contributed by atoms with E-state index in [0.29, 0.717) is 11.8 Å². The van der Waals surface area contributed by atoms with Crippen molar-refractivity contribution in [2.45, 2.75) is 83.2 Å². The van der Waals surface area contributed by atoms with Crippen LogP contribution in [0.5, 0.6) is 0 Å². The molecule has 246 valence electrons. The molecule has 13 heteroatoms. The van der Waals surface area contributed by atoms with Crippen LogP contribution in [0, 0.1) is 11.8 Å². The van der Waals surface area contributed by atoms with Crippen molar-refractivity contribution in [1.82, 2.24) is 15.0 Å². The van der Waals surface area contributed by atoms with Crippen LogP contribution in [-0.2, 0) is 37.3 Å². The van der Waals surface area contributed by atoms with Crippen LogP contribution >= 0.6 is 0 Å². The molecule has 0 unspecified atom stereocenters. The van der Waals surface area contributed by atoms with Gasteiger partial charge < -0.3 is 15.5 Å². The van der Waals surface area contributed by atoms with Crippen LogP contribution in [0.2, 0.25) is 0 Å². The number of pyridine rings is 1. The number of alkyl halides is 6. The van der Waals surface area contributed by atoms with Gasteiger partial charge in [-0.25, -0.2) is 15.0 Å². The molecule has 2 fully saturated rings. The van der Waals surface area contributed by atoms with Crippen LogP contribution in [0.4, 0.5) is 38.1 Å². The second-order valence-corrected chi connectivity index (χ2v) is 13.6. The van der Waals surface area contributed by atoms with Crippen molar-refractivity contribution < 1.29 is 31.1 Å². The van der Waals surface area contributed by atoms with Gasteiger partial charge in [-0.15, -0.1) is 0 Å². The predicted octanol–water partition coefficient (Wildman–Crippen LogP) is 7.07. The third kappa shape index (κ3) is 7.23. The maximum atomic E-state index is 13.8. The van der Waals surface area contributed by atoms with E-state index in [1.807, 2.05) is 0 Å². The Hall–Kier alpha value is -3.90. The third-order valence-corrected chi connectivity index (χ3v) is 9.06. The first kappa shape index (κ1) is 32.1. The Morgan fingerprint density at radius 2 is 1.43 bits per heavy atom. The summed E-state index contributed by atoms with van der Waals surface area (Å²) in [5, 5.41) is 0. The number of aromatic nitrogens is 3. The van der Waals surface area contributed by atoms with E-state index in [4.69, 9.17) is 10.7 Å². The molecule has 46 heavy (non-hydrogen) atoms. The molecule has 0 radical (unpaired) electrons. The number of halogens is 6. The summed E-state index contributed by atoms with van der Waals surface area (Å²) in [4.78, 5) is 29.3. The molecule has 6 rings (SSSR count). The summed E-state index contributed by atoms with van der Waals surface area (Å²) in [5.74, 6) is 1.15. The second-order valence-electron chi connectivity index (χ2n) is 13.6. The number of primary amides is 1. The molecule has 2 N–H and O–H groups in total. The molecule has 2 heterocycles. The number of anilines is 2. The Morgan fingerprint density at radius 3 is 1.93 bits per heavy atom. The van der Waals surface area contributed by atoms with Gasteiger partial charge in [-0.1, -0.05) is 13.8 Å². The number of carbonyl (C=O) groups excluding carboxylic acids is 1. The summed E-state index contributed by atoms with van der Waals surface area (Å²) >= 11 is 0. The minimum absolute atomic E-state index is 0.0179. The highest BCUT2D eigenvalue weighted by Gasteiger charge is 2.38. The number of hydrogen-bond acceptors (Lipinski definition) is 6. The summed E-state index contributed by atoms with van der Waals surface area (Å²) in [6.45, 7) is 5.69. The maximum Gasteiger partial charge on any atom is 0.416 e. The van der Waals surface area contributed by atoms with Crippen LogP contribution < -0.4 is 15.5 Å². The number of nitrogens with two attached hydrogens (primary N) is 1. The van der Waals surface area contributed by atoms with Gasteiger partial charge in [0.15, 0.2) is 0 Å². The number of aryl methyl sites for hydroxylation is 1. The molecule has 0 saturated heterocycles. The van der Waals surface area contributed by atoms with Crippen molar-refractivity contribution in [2.75, 3.05) is 22.9 Å². The van der Waals surface area contributed by atoms with Gasteiger partial charge in [0, 0.05) is 49.6 Å².